The Morgan fingerprint density at radius 3 is 2.48 bits per heavy atom. The number of halogens is 1. The fourth-order valence-corrected chi connectivity index (χ4v) is 4.57. The van der Waals surface area contributed by atoms with Crippen molar-refractivity contribution < 1.29 is 22.8 Å². The molecule has 3 N–H and O–H groups in total. The molecule has 1 saturated heterocycles. The second-order valence-electron chi connectivity index (χ2n) is 6.53. The number of hydrogen-bond donors (Lipinski definition) is 3. The van der Waals surface area contributed by atoms with Gasteiger partial charge in [0.05, 0.1) is 39.0 Å². The highest BCUT2D eigenvalue weighted by Gasteiger charge is 2.29. The fraction of sp³-hybridized carbons (Fsp3) is 0.167. The Morgan fingerprint density at radius 1 is 1.00 bits per heavy atom. The van der Waals surface area contributed by atoms with Crippen LogP contribution in [0, 0.1) is 0 Å². The Morgan fingerprint density at radius 2 is 1.76 bits per heavy atom. The maximum Gasteiger partial charge on any atom is 0.261 e. The van der Waals surface area contributed by atoms with Crippen LogP contribution in [0.1, 0.15) is 20.7 Å². The third-order valence-electron chi connectivity index (χ3n) is 4.60. The number of hydrogen-bond acceptors (Lipinski definition) is 6. The van der Waals surface area contributed by atoms with Gasteiger partial charge in [-0.05, 0) is 36.4 Å². The van der Waals surface area contributed by atoms with Crippen molar-refractivity contribution in [3.63, 3.8) is 0 Å². The average Bonchev–Trinajstić information content (AvgIpc) is 2.95. The minimum atomic E-state index is -4.02. The van der Waals surface area contributed by atoms with Crippen molar-refractivity contribution in [1.29, 1.82) is 0 Å². The Kier molecular flexibility index (Phi) is 4.67. The first kappa shape index (κ1) is 19.2. The van der Waals surface area contributed by atoms with E-state index in [1.807, 2.05) is 0 Å². The van der Waals surface area contributed by atoms with Crippen molar-refractivity contribution in [1.82, 2.24) is 10.6 Å². The monoisotopic (exact) mass is 434 g/mol. The van der Waals surface area contributed by atoms with E-state index in [9.17, 15) is 22.8 Å². The number of carbonyl (C=O) groups is 3. The summed E-state index contributed by atoms with van der Waals surface area (Å²) < 4.78 is 27.8. The Bertz CT molecular complexity index is 1160. The lowest BCUT2D eigenvalue weighted by atomic mass is 10.1. The SMILES string of the molecule is O=C1CN(c2ccc(NS(=O)(=O)c3ccc4c(c3)C(=O)NC4=O)cc2Cl)CCN1. The van der Waals surface area contributed by atoms with Crippen LogP contribution >= 0.6 is 11.6 Å². The number of amides is 3. The molecular formula is C18H15ClN4O5S. The number of carbonyl (C=O) groups excluding carboxylic acids is 3. The van der Waals surface area contributed by atoms with E-state index in [-0.39, 0.29) is 34.2 Å². The highest BCUT2D eigenvalue weighted by Crippen LogP contribution is 2.30. The molecule has 11 heteroatoms. The molecule has 0 aliphatic carbocycles. The maximum absolute atomic E-state index is 12.7. The first-order valence-electron chi connectivity index (χ1n) is 8.58. The quantitative estimate of drug-likeness (QED) is 0.615. The van der Waals surface area contributed by atoms with Crippen LogP contribution in [0.2, 0.25) is 5.02 Å². The molecule has 150 valence electrons. The van der Waals surface area contributed by atoms with Gasteiger partial charge >= 0.3 is 0 Å². The molecule has 0 saturated carbocycles. The van der Waals surface area contributed by atoms with Gasteiger partial charge in [-0.1, -0.05) is 11.6 Å². The van der Waals surface area contributed by atoms with E-state index >= 15 is 0 Å². The lowest BCUT2D eigenvalue weighted by Crippen LogP contribution is -2.47. The summed E-state index contributed by atoms with van der Waals surface area (Å²) >= 11 is 6.30. The maximum atomic E-state index is 12.7. The first-order valence-corrected chi connectivity index (χ1v) is 10.4. The van der Waals surface area contributed by atoms with Crippen LogP contribution in [0.3, 0.4) is 0 Å². The topological polar surface area (TPSA) is 125 Å². The molecule has 2 aliphatic rings. The van der Waals surface area contributed by atoms with E-state index in [0.29, 0.717) is 23.8 Å². The Balaban J connectivity index is 1.58. The molecule has 0 spiro atoms. The predicted molar refractivity (Wildman–Crippen MR) is 106 cm³/mol. The van der Waals surface area contributed by atoms with Crippen LogP contribution in [-0.2, 0) is 14.8 Å². The predicted octanol–water partition coefficient (Wildman–Crippen LogP) is 0.961. The molecule has 0 unspecified atom stereocenters. The second-order valence-corrected chi connectivity index (χ2v) is 8.62. The second kappa shape index (κ2) is 7.05. The van der Waals surface area contributed by atoms with Gasteiger partial charge in [-0.15, -0.1) is 0 Å². The van der Waals surface area contributed by atoms with Gasteiger partial charge < -0.3 is 10.2 Å². The molecule has 2 aliphatic heterocycles. The number of rotatable bonds is 4. The Hall–Kier alpha value is -3.11. The number of anilines is 2. The molecule has 0 radical (unpaired) electrons. The molecule has 0 aromatic heterocycles. The van der Waals surface area contributed by atoms with E-state index in [1.54, 1.807) is 11.0 Å². The smallest absolute Gasteiger partial charge is 0.261 e. The molecule has 2 aromatic rings. The van der Waals surface area contributed by atoms with Gasteiger partial charge in [0.2, 0.25) is 5.91 Å². The van der Waals surface area contributed by atoms with Crippen molar-refractivity contribution in [2.24, 2.45) is 0 Å². The van der Waals surface area contributed by atoms with Gasteiger partial charge in [-0.2, -0.15) is 0 Å². The van der Waals surface area contributed by atoms with Gasteiger partial charge in [0, 0.05) is 13.1 Å². The number of fused-ring (bicyclic) bond motifs is 1. The summed E-state index contributed by atoms with van der Waals surface area (Å²) in [4.78, 5) is 36.6. The van der Waals surface area contributed by atoms with Crippen LogP contribution in [0.15, 0.2) is 41.3 Å². The van der Waals surface area contributed by atoms with Crippen molar-refractivity contribution in [2.75, 3.05) is 29.3 Å². The molecule has 3 amide bonds. The largest absolute Gasteiger partial charge is 0.359 e. The number of nitrogens with zero attached hydrogens (tertiary/aromatic N) is 1. The minimum absolute atomic E-state index is 0.00892. The highest BCUT2D eigenvalue weighted by molar-refractivity contribution is 7.92. The zero-order valence-electron chi connectivity index (χ0n) is 14.9. The van der Waals surface area contributed by atoms with E-state index in [0.717, 1.165) is 6.07 Å². The molecule has 0 atom stereocenters. The van der Waals surface area contributed by atoms with Crippen LogP contribution < -0.4 is 20.3 Å². The number of piperazine rings is 1. The first-order chi connectivity index (χ1) is 13.7. The third kappa shape index (κ3) is 3.64. The molecule has 2 aromatic carbocycles. The number of nitrogens with one attached hydrogen (secondary N) is 3. The number of imide groups is 1. The normalized spacial score (nSPS) is 16.3. The molecule has 1 fully saturated rings. The Labute approximate surface area is 171 Å². The summed E-state index contributed by atoms with van der Waals surface area (Å²) in [5.41, 5.74) is 0.986. The van der Waals surface area contributed by atoms with Crippen molar-refractivity contribution in [3.05, 3.63) is 52.5 Å². The summed E-state index contributed by atoms with van der Waals surface area (Å²) in [5, 5.41) is 5.13. The molecule has 0 bridgehead atoms. The van der Waals surface area contributed by atoms with Crippen molar-refractivity contribution in [2.45, 2.75) is 4.90 Å². The summed E-state index contributed by atoms with van der Waals surface area (Å²) in [7, 11) is -4.02. The van der Waals surface area contributed by atoms with Crippen LogP contribution in [-0.4, -0.2) is 45.8 Å². The molecule has 29 heavy (non-hydrogen) atoms. The number of sulfonamides is 1. The van der Waals surface area contributed by atoms with Gasteiger partial charge in [0.1, 0.15) is 0 Å². The summed E-state index contributed by atoms with van der Waals surface area (Å²) in [6.07, 6.45) is 0. The van der Waals surface area contributed by atoms with E-state index in [2.05, 4.69) is 15.4 Å². The average molecular weight is 435 g/mol. The van der Waals surface area contributed by atoms with Gasteiger partial charge in [-0.25, -0.2) is 8.42 Å². The molecule has 2 heterocycles. The lowest BCUT2D eigenvalue weighted by Gasteiger charge is -2.29. The summed E-state index contributed by atoms with van der Waals surface area (Å²) in [5.74, 6) is -1.31. The highest BCUT2D eigenvalue weighted by atomic mass is 35.5. The summed E-state index contributed by atoms with van der Waals surface area (Å²) in [6.45, 7) is 1.26. The van der Waals surface area contributed by atoms with E-state index < -0.39 is 21.8 Å². The van der Waals surface area contributed by atoms with E-state index in [1.165, 1.54) is 24.3 Å². The zero-order valence-corrected chi connectivity index (χ0v) is 16.4. The molecular weight excluding hydrogens is 420 g/mol. The van der Waals surface area contributed by atoms with Crippen LogP contribution in [0.25, 0.3) is 0 Å². The van der Waals surface area contributed by atoms with Crippen LogP contribution in [0.5, 0.6) is 0 Å². The lowest BCUT2D eigenvalue weighted by molar-refractivity contribution is -0.120. The summed E-state index contributed by atoms with van der Waals surface area (Å²) in [6, 6.07) is 8.32. The molecule has 9 nitrogen and oxygen atoms in total. The van der Waals surface area contributed by atoms with Gasteiger partial charge in [0.15, 0.2) is 0 Å². The minimum Gasteiger partial charge on any atom is -0.359 e. The van der Waals surface area contributed by atoms with Gasteiger partial charge in [0.25, 0.3) is 21.8 Å². The standard InChI is InChI=1S/C18H15ClN4O5S/c19-14-7-10(1-4-15(14)23-6-5-20-16(24)9-23)22-29(27,28)11-2-3-12-13(8-11)18(26)21-17(12)25/h1-4,7-8,22H,5-6,9H2,(H,20,24)(H,21,25,26). The number of benzene rings is 2. The van der Waals surface area contributed by atoms with Crippen molar-refractivity contribution >= 4 is 50.7 Å². The van der Waals surface area contributed by atoms with Crippen LogP contribution in [0.4, 0.5) is 11.4 Å². The molecule has 4 rings (SSSR count). The zero-order chi connectivity index (χ0) is 20.8. The fourth-order valence-electron chi connectivity index (χ4n) is 3.20. The van der Waals surface area contributed by atoms with E-state index in [4.69, 9.17) is 11.6 Å². The van der Waals surface area contributed by atoms with Crippen molar-refractivity contribution in [3.8, 4) is 0 Å². The van der Waals surface area contributed by atoms with Gasteiger partial charge in [-0.3, -0.25) is 24.4 Å². The third-order valence-corrected chi connectivity index (χ3v) is 6.28.